The Morgan fingerprint density at radius 1 is 1.11 bits per heavy atom. The van der Waals surface area contributed by atoms with Gasteiger partial charge in [-0.15, -0.1) is 0 Å². The maximum absolute atomic E-state index is 14.4. The van der Waals surface area contributed by atoms with Crippen molar-refractivity contribution in [1.82, 2.24) is 39.2 Å². The Morgan fingerprint density at radius 3 is 2.74 bits per heavy atom. The molecule has 230 valence electrons. The number of hydrogen-bond acceptors (Lipinski definition) is 7. The van der Waals surface area contributed by atoms with E-state index in [2.05, 4.69) is 37.2 Å². The molecule has 11 nitrogen and oxygen atoms in total. The molecule has 0 aliphatic carbocycles. The number of likely N-dealkylation sites (tertiary alicyclic amines) is 1. The summed E-state index contributed by atoms with van der Waals surface area (Å²) in [4.78, 5) is 34.5. The first-order valence-corrected chi connectivity index (χ1v) is 15.2. The molecule has 5 heterocycles. The van der Waals surface area contributed by atoms with E-state index < -0.39 is 6.04 Å². The largest absolute Gasteiger partial charge is 0.395 e. The minimum Gasteiger partial charge on any atom is -0.395 e. The molecule has 0 spiro atoms. The normalized spacial score (nSPS) is 14.2. The first-order valence-electron chi connectivity index (χ1n) is 15.2. The first-order chi connectivity index (χ1) is 22.4. The number of fused-ring (bicyclic) bond motifs is 2. The van der Waals surface area contributed by atoms with Gasteiger partial charge in [-0.1, -0.05) is 42.2 Å². The Balaban J connectivity index is 1.25. The second kappa shape index (κ2) is 12.1. The number of aryl methyl sites for hydroxylation is 1. The van der Waals surface area contributed by atoms with Gasteiger partial charge in [0.2, 0.25) is 0 Å². The summed E-state index contributed by atoms with van der Waals surface area (Å²) in [6, 6.07) is 18.4. The van der Waals surface area contributed by atoms with Gasteiger partial charge in [-0.25, -0.2) is 9.50 Å². The number of carbonyl (C=O) groups excluding carboxylic acids is 1. The van der Waals surface area contributed by atoms with Crippen LogP contribution in [-0.4, -0.2) is 71.1 Å². The van der Waals surface area contributed by atoms with Gasteiger partial charge < -0.3 is 10.4 Å². The Bertz CT molecular complexity index is 2200. The number of benzene rings is 2. The summed E-state index contributed by atoms with van der Waals surface area (Å²) in [6.45, 7) is 6.13. The standard InChI is InChI=1S/C35H32N8O3/c1-23(38-34(45)31-24(2)39-41-15-7-14-36-33(31)41)30-18-27-9-6-8-26(32(27)35(46)43(30)28-10-4-3-5-11-28)13-12-25-19-37-42(20-25)29-21-40(22-29)16-17-44/h3-11,14-15,18-20,23,29,44H,16-17,21-22H2,1-2H3,(H,38,45)/t23-/m0/s1. The first kappa shape index (κ1) is 29.2. The van der Waals surface area contributed by atoms with Crippen LogP contribution in [0.15, 0.2) is 90.2 Å². The fourth-order valence-electron chi connectivity index (χ4n) is 6.03. The topological polar surface area (TPSA) is 123 Å². The molecule has 0 bridgehead atoms. The second-order valence-electron chi connectivity index (χ2n) is 11.5. The molecule has 2 aromatic carbocycles. The number of nitrogens with zero attached hydrogens (tertiary/aromatic N) is 7. The lowest BCUT2D eigenvalue weighted by molar-refractivity contribution is 0.0774. The third-order valence-corrected chi connectivity index (χ3v) is 8.35. The molecule has 4 aromatic heterocycles. The number of β-amino-alcohol motifs (C(OH)–C–C–N with tert-alkyl or cyclic N) is 1. The quantitative estimate of drug-likeness (QED) is 0.266. The van der Waals surface area contributed by atoms with Gasteiger partial charge >= 0.3 is 0 Å². The van der Waals surface area contributed by atoms with Crippen molar-refractivity contribution < 1.29 is 9.90 Å². The van der Waals surface area contributed by atoms with Crippen molar-refractivity contribution in [3.05, 3.63) is 124 Å². The number of aromatic nitrogens is 6. The second-order valence-corrected chi connectivity index (χ2v) is 11.5. The monoisotopic (exact) mass is 612 g/mol. The Kier molecular flexibility index (Phi) is 7.66. The Labute approximate surface area is 264 Å². The highest BCUT2D eigenvalue weighted by molar-refractivity contribution is 6.01. The molecule has 6 aromatic rings. The predicted octanol–water partition coefficient (Wildman–Crippen LogP) is 3.28. The summed E-state index contributed by atoms with van der Waals surface area (Å²) < 4.78 is 5.14. The average molecular weight is 613 g/mol. The van der Waals surface area contributed by atoms with Crippen molar-refractivity contribution in [2.24, 2.45) is 0 Å². The number of hydrogen-bond donors (Lipinski definition) is 2. The molecule has 0 saturated carbocycles. The van der Waals surface area contributed by atoms with Gasteiger partial charge in [-0.2, -0.15) is 10.2 Å². The van der Waals surface area contributed by atoms with Gasteiger partial charge in [0, 0.05) is 55.2 Å². The van der Waals surface area contributed by atoms with Crippen LogP contribution in [0, 0.1) is 18.8 Å². The van der Waals surface area contributed by atoms with Gasteiger partial charge in [0.25, 0.3) is 11.5 Å². The van der Waals surface area contributed by atoms with Crippen molar-refractivity contribution in [2.45, 2.75) is 25.9 Å². The summed E-state index contributed by atoms with van der Waals surface area (Å²) in [6.07, 6.45) is 7.03. The molecule has 1 atom stereocenters. The molecular formula is C35H32N8O3. The predicted molar refractivity (Wildman–Crippen MR) is 174 cm³/mol. The van der Waals surface area contributed by atoms with Crippen LogP contribution in [0.25, 0.3) is 22.1 Å². The molecule has 1 amide bonds. The number of carbonyl (C=O) groups is 1. The molecule has 11 heteroatoms. The van der Waals surface area contributed by atoms with E-state index in [0.29, 0.717) is 45.8 Å². The summed E-state index contributed by atoms with van der Waals surface area (Å²) in [5.74, 6) is 6.08. The van der Waals surface area contributed by atoms with Gasteiger partial charge in [0.15, 0.2) is 5.65 Å². The Hall–Kier alpha value is -5.57. The zero-order valence-corrected chi connectivity index (χ0v) is 25.5. The van der Waals surface area contributed by atoms with E-state index in [1.54, 1.807) is 40.7 Å². The van der Waals surface area contributed by atoms with Gasteiger partial charge in [-0.05, 0) is 49.6 Å². The van der Waals surface area contributed by atoms with Gasteiger partial charge in [0.1, 0.15) is 5.56 Å². The molecule has 1 saturated heterocycles. The number of nitrogens with one attached hydrogen (secondary N) is 1. The van der Waals surface area contributed by atoms with Crippen molar-refractivity contribution >= 4 is 22.3 Å². The molecular weight excluding hydrogens is 580 g/mol. The number of rotatable bonds is 7. The lowest BCUT2D eigenvalue weighted by Gasteiger charge is -2.38. The summed E-state index contributed by atoms with van der Waals surface area (Å²) in [5.41, 5.74) is 3.86. The SMILES string of the molecule is Cc1nn2cccnc2c1C(=O)N[C@@H](C)c1cc2cccc(C#Cc3cnn(C4CN(CCO)C4)c3)c2c(=O)n1-c1ccccc1. The minimum absolute atomic E-state index is 0.148. The van der Waals surface area contributed by atoms with Crippen LogP contribution in [0.2, 0.25) is 0 Å². The molecule has 1 aliphatic rings. The molecule has 0 radical (unpaired) electrons. The molecule has 7 rings (SSSR count). The van der Waals surface area contributed by atoms with Crippen molar-refractivity contribution in [3.8, 4) is 17.5 Å². The van der Waals surface area contributed by atoms with E-state index >= 15 is 0 Å². The Morgan fingerprint density at radius 2 is 1.93 bits per heavy atom. The minimum atomic E-state index is -0.539. The highest BCUT2D eigenvalue weighted by Crippen LogP contribution is 2.25. The number of aliphatic hydroxyl groups excluding tert-OH is 1. The van der Waals surface area contributed by atoms with E-state index in [4.69, 9.17) is 5.11 Å². The summed E-state index contributed by atoms with van der Waals surface area (Å²) in [5, 5.41) is 22.4. The molecule has 0 unspecified atom stereocenters. The average Bonchev–Trinajstić information content (AvgIpc) is 3.65. The lowest BCUT2D eigenvalue weighted by Crippen LogP contribution is -2.48. The summed E-state index contributed by atoms with van der Waals surface area (Å²) in [7, 11) is 0. The lowest BCUT2D eigenvalue weighted by atomic mass is 10.0. The van der Waals surface area contributed by atoms with Gasteiger partial charge in [0.05, 0.1) is 41.5 Å². The number of amides is 1. The summed E-state index contributed by atoms with van der Waals surface area (Å²) >= 11 is 0. The van der Waals surface area contributed by atoms with Crippen LogP contribution in [0.1, 0.15) is 51.9 Å². The van der Waals surface area contributed by atoms with E-state index in [0.717, 1.165) is 24.0 Å². The van der Waals surface area contributed by atoms with E-state index in [-0.39, 0.29) is 24.1 Å². The van der Waals surface area contributed by atoms with E-state index in [1.807, 2.05) is 72.4 Å². The third-order valence-electron chi connectivity index (χ3n) is 8.35. The fourth-order valence-corrected chi connectivity index (χ4v) is 6.03. The van der Waals surface area contributed by atoms with E-state index in [1.165, 1.54) is 0 Å². The maximum atomic E-state index is 14.4. The van der Waals surface area contributed by atoms with Crippen LogP contribution in [-0.2, 0) is 0 Å². The van der Waals surface area contributed by atoms with Crippen molar-refractivity contribution in [3.63, 3.8) is 0 Å². The van der Waals surface area contributed by atoms with E-state index in [9.17, 15) is 9.59 Å². The van der Waals surface area contributed by atoms with Gasteiger partial charge in [-0.3, -0.25) is 23.7 Å². The smallest absolute Gasteiger partial charge is 0.264 e. The van der Waals surface area contributed by atoms with Crippen molar-refractivity contribution in [2.75, 3.05) is 26.2 Å². The van der Waals surface area contributed by atoms with Crippen LogP contribution in [0.5, 0.6) is 0 Å². The molecule has 46 heavy (non-hydrogen) atoms. The van der Waals surface area contributed by atoms with Crippen LogP contribution < -0.4 is 10.9 Å². The number of para-hydroxylation sites is 1. The fraction of sp³-hybridized carbons (Fsp3) is 0.229. The maximum Gasteiger partial charge on any atom is 0.264 e. The highest BCUT2D eigenvalue weighted by Gasteiger charge is 2.28. The van der Waals surface area contributed by atoms with Crippen molar-refractivity contribution in [1.29, 1.82) is 0 Å². The third kappa shape index (κ3) is 5.34. The molecule has 1 fully saturated rings. The number of pyridine rings is 1. The van der Waals surface area contributed by atoms with Crippen LogP contribution >= 0.6 is 0 Å². The molecule has 1 aliphatic heterocycles. The molecule has 2 N–H and O–H groups in total. The number of aliphatic hydroxyl groups is 1. The highest BCUT2D eigenvalue weighted by atomic mass is 16.3. The van der Waals surface area contributed by atoms with Crippen LogP contribution in [0.4, 0.5) is 0 Å². The zero-order valence-electron chi connectivity index (χ0n) is 25.5. The van der Waals surface area contributed by atoms with Crippen LogP contribution in [0.3, 0.4) is 0 Å². The zero-order chi connectivity index (χ0) is 31.8.